The first-order chi connectivity index (χ1) is 27.2. The van der Waals surface area contributed by atoms with Gasteiger partial charge in [0.15, 0.2) is 9.84 Å². The molecule has 5 aromatic rings. The summed E-state index contributed by atoms with van der Waals surface area (Å²) >= 11 is 0. The van der Waals surface area contributed by atoms with Crippen molar-refractivity contribution in [2.75, 3.05) is 28.3 Å². The van der Waals surface area contributed by atoms with E-state index >= 15 is 0 Å². The first-order valence-corrected chi connectivity index (χ1v) is 22.6. The highest BCUT2D eigenvalue weighted by Crippen LogP contribution is 2.37. The van der Waals surface area contributed by atoms with E-state index < -0.39 is 118 Å². The van der Waals surface area contributed by atoms with Crippen molar-refractivity contribution in [2.24, 2.45) is 16.0 Å². The van der Waals surface area contributed by atoms with Gasteiger partial charge in [0.2, 0.25) is 11.9 Å². The Kier molecular flexibility index (Phi) is 12.3. The first-order valence-electron chi connectivity index (χ1n) is 15.2. The summed E-state index contributed by atoms with van der Waals surface area (Å²) in [6.07, 6.45) is -1.31. The highest BCUT2D eigenvalue weighted by Gasteiger charge is 2.25. The minimum atomic E-state index is -5.24. The Hall–Kier alpha value is -5.90. The van der Waals surface area contributed by atoms with Gasteiger partial charge in [-0.3, -0.25) is 18.2 Å². The molecule has 9 N–H and O–H groups in total. The van der Waals surface area contributed by atoms with Crippen LogP contribution in [0.4, 0.5) is 49.5 Å². The second-order valence-electron chi connectivity index (χ2n) is 11.4. The van der Waals surface area contributed by atoms with Crippen LogP contribution in [0.5, 0.6) is 0 Å². The van der Waals surface area contributed by atoms with Gasteiger partial charge in [-0.15, -0.1) is 10.2 Å². The third-order valence-electron chi connectivity index (χ3n) is 7.26. The van der Waals surface area contributed by atoms with Gasteiger partial charge in [0.25, 0.3) is 30.4 Å². The monoisotopic (exact) mass is 921 g/mol. The number of amides is 2. The van der Waals surface area contributed by atoms with Crippen molar-refractivity contribution in [3.05, 3.63) is 72.8 Å². The van der Waals surface area contributed by atoms with Crippen LogP contribution < -0.4 is 21.7 Å². The van der Waals surface area contributed by atoms with Crippen molar-refractivity contribution in [1.82, 2.24) is 15.0 Å². The van der Waals surface area contributed by atoms with Crippen molar-refractivity contribution >= 4 is 108 Å². The molecule has 0 spiro atoms. The number of hydrogen-bond donors (Lipinski definition) is 8. The zero-order chi connectivity index (χ0) is 43.7. The fourth-order valence-corrected chi connectivity index (χ4v) is 8.32. The molecule has 0 saturated heterocycles. The van der Waals surface area contributed by atoms with Crippen molar-refractivity contribution in [3.63, 3.8) is 0 Å². The number of nitrogens with two attached hydrogens (primary N) is 1. The van der Waals surface area contributed by atoms with E-state index in [9.17, 15) is 64.9 Å². The molecule has 0 saturated carbocycles. The molecule has 0 aliphatic carbocycles. The molecule has 0 aliphatic rings. The van der Waals surface area contributed by atoms with E-state index in [-0.39, 0.29) is 27.6 Å². The number of hydrogen-bond acceptors (Lipinski definition) is 19. The summed E-state index contributed by atoms with van der Waals surface area (Å²) in [5, 5.41) is 14.0. The Morgan fingerprint density at radius 3 is 1.81 bits per heavy atom. The number of urea groups is 1. The molecule has 25 nitrogen and oxygen atoms in total. The Balaban J connectivity index is 1.44. The van der Waals surface area contributed by atoms with Gasteiger partial charge in [0.1, 0.15) is 21.2 Å². The van der Waals surface area contributed by atoms with E-state index in [1.165, 1.54) is 18.2 Å². The van der Waals surface area contributed by atoms with E-state index in [4.69, 9.17) is 10.3 Å². The van der Waals surface area contributed by atoms with Crippen LogP contribution in [0.1, 0.15) is 0 Å². The SMILES string of the molecule is NC(=O)Nc1cc(Nc2nc(F)nc(Nc3ccc(S(=O)(=O)CCOS(=O)(=O)O)cc3)n2)ccc1N=Nc1cc2c(S(=O)(=O)O)cc(S(=O)(=O)O)cc2cc1S(=O)(=O)O. The predicted molar refractivity (Wildman–Crippen MR) is 200 cm³/mol. The Morgan fingerprint density at radius 2 is 1.25 bits per heavy atom. The summed E-state index contributed by atoms with van der Waals surface area (Å²) in [5.41, 5.74) is 4.16. The molecule has 0 aliphatic heterocycles. The number of rotatable bonds is 15. The van der Waals surface area contributed by atoms with Crippen LogP contribution in [-0.4, -0.2) is 93.6 Å². The number of fused-ring (bicyclic) bond motifs is 1. The maximum atomic E-state index is 14.5. The van der Waals surface area contributed by atoms with Crippen LogP contribution in [-0.2, 0) is 54.8 Å². The van der Waals surface area contributed by atoms with Gasteiger partial charge in [0.05, 0.1) is 27.8 Å². The average molecular weight is 922 g/mol. The number of halogens is 1. The molecular formula is C28H24FN9O16S5. The van der Waals surface area contributed by atoms with E-state index in [1.807, 2.05) is 0 Å². The van der Waals surface area contributed by atoms with Gasteiger partial charge in [0, 0.05) is 16.8 Å². The first kappa shape index (κ1) is 44.2. The molecule has 0 fully saturated rings. The van der Waals surface area contributed by atoms with E-state index in [0.717, 1.165) is 24.3 Å². The van der Waals surface area contributed by atoms with Gasteiger partial charge in [-0.2, -0.15) is 53.0 Å². The fraction of sp³-hybridized carbons (Fsp3) is 0.0714. The molecule has 0 radical (unpaired) electrons. The zero-order valence-corrected chi connectivity index (χ0v) is 32.8. The largest absolute Gasteiger partial charge is 0.397 e. The quantitative estimate of drug-likeness (QED) is 0.0552. The lowest BCUT2D eigenvalue weighted by Crippen LogP contribution is -2.19. The molecule has 2 amide bonds. The zero-order valence-electron chi connectivity index (χ0n) is 28.7. The number of benzene rings is 4. The summed E-state index contributed by atoms with van der Waals surface area (Å²) in [6.45, 7) is -0.855. The number of sulfone groups is 1. The molecular weight excluding hydrogens is 898 g/mol. The molecule has 0 unspecified atom stereocenters. The second kappa shape index (κ2) is 16.4. The molecule has 314 valence electrons. The summed E-state index contributed by atoms with van der Waals surface area (Å²) in [6, 6.07) is 9.43. The van der Waals surface area contributed by atoms with Crippen molar-refractivity contribution in [3.8, 4) is 0 Å². The molecule has 0 atom stereocenters. The summed E-state index contributed by atoms with van der Waals surface area (Å²) < 4.78 is 175. The van der Waals surface area contributed by atoms with Gasteiger partial charge in [-0.1, -0.05) is 0 Å². The Morgan fingerprint density at radius 1 is 0.678 bits per heavy atom. The van der Waals surface area contributed by atoms with Gasteiger partial charge in [-0.25, -0.2) is 17.4 Å². The van der Waals surface area contributed by atoms with Gasteiger partial charge < -0.3 is 21.7 Å². The van der Waals surface area contributed by atoms with Crippen LogP contribution >= 0.6 is 0 Å². The van der Waals surface area contributed by atoms with Crippen LogP contribution in [0, 0.1) is 6.08 Å². The van der Waals surface area contributed by atoms with E-state index in [0.29, 0.717) is 24.3 Å². The van der Waals surface area contributed by atoms with Crippen LogP contribution in [0.25, 0.3) is 10.8 Å². The van der Waals surface area contributed by atoms with Crippen LogP contribution in [0.2, 0.25) is 0 Å². The maximum absolute atomic E-state index is 14.5. The van der Waals surface area contributed by atoms with Crippen molar-refractivity contribution in [2.45, 2.75) is 19.6 Å². The van der Waals surface area contributed by atoms with E-state index in [2.05, 4.69) is 45.3 Å². The predicted octanol–water partition coefficient (Wildman–Crippen LogP) is 2.89. The van der Waals surface area contributed by atoms with Gasteiger partial charge in [-0.05, 0) is 72.1 Å². The summed E-state index contributed by atoms with van der Waals surface area (Å²) in [5.74, 6) is -1.62. The minimum Gasteiger partial charge on any atom is -0.351 e. The Labute approximate surface area is 331 Å². The number of nitrogens with one attached hydrogen (secondary N) is 3. The number of aromatic nitrogens is 3. The molecule has 0 bridgehead atoms. The number of carbonyl (C=O) groups excluding carboxylic acids is 1. The number of carbonyl (C=O) groups is 1. The standard InChI is InChI=1S/C28H24FN9O16S5/c29-25-34-27(31-15-1-4-17(5-2-15)55(40,41)8-7-54-59(51,52)53)36-28(35-25)32-16-3-6-20(21(11-16)33-26(30)39)37-38-22-13-19-14(10-24(22)58(48,49)50)9-18(56(42,43)44)12-23(19)57(45,46)47/h1-6,9-13H,7-8H2,(H3,30,33,39)(H,42,43,44)(H,45,46,47)(H,48,49,50)(H,51,52,53)(H2,31,32,34,35,36). The topological polar surface area (TPSA) is 403 Å². The molecule has 1 heterocycles. The number of azo groups is 1. The molecule has 5 rings (SSSR count). The van der Waals surface area contributed by atoms with Crippen molar-refractivity contribution in [1.29, 1.82) is 0 Å². The van der Waals surface area contributed by atoms with Crippen LogP contribution in [0.3, 0.4) is 0 Å². The summed E-state index contributed by atoms with van der Waals surface area (Å²) in [7, 11) is -24.5. The molecule has 4 aromatic carbocycles. The second-order valence-corrected chi connectivity index (χ2v) is 18.8. The average Bonchev–Trinajstić information content (AvgIpc) is 3.08. The summed E-state index contributed by atoms with van der Waals surface area (Å²) in [4.78, 5) is 19.4. The Bertz CT molecular complexity index is 3120. The van der Waals surface area contributed by atoms with Crippen molar-refractivity contribution < 1.29 is 73.7 Å². The third kappa shape index (κ3) is 11.6. The lowest BCUT2D eigenvalue weighted by molar-refractivity contribution is 0.259. The lowest BCUT2D eigenvalue weighted by Gasteiger charge is -2.12. The normalized spacial score (nSPS) is 12.8. The number of nitrogens with zero attached hydrogens (tertiary/aromatic N) is 5. The fourth-order valence-electron chi connectivity index (χ4n) is 4.84. The molecule has 59 heavy (non-hydrogen) atoms. The minimum absolute atomic E-state index is 0.0218. The lowest BCUT2D eigenvalue weighted by atomic mass is 10.1. The molecule has 31 heteroatoms. The third-order valence-corrected chi connectivity index (χ3v) is 12.0. The highest BCUT2D eigenvalue weighted by atomic mass is 32.3. The molecule has 1 aromatic heterocycles. The van der Waals surface area contributed by atoms with Gasteiger partial charge >= 0.3 is 22.5 Å². The number of anilines is 5. The number of primary amides is 1. The van der Waals surface area contributed by atoms with E-state index in [1.54, 1.807) is 0 Å². The maximum Gasteiger partial charge on any atom is 0.397 e. The van der Waals surface area contributed by atoms with Crippen LogP contribution in [0.15, 0.2) is 96.5 Å². The highest BCUT2D eigenvalue weighted by molar-refractivity contribution is 7.91. The smallest absolute Gasteiger partial charge is 0.351 e.